The second kappa shape index (κ2) is 5.03. The molecule has 0 spiro atoms. The van der Waals surface area contributed by atoms with E-state index in [0.29, 0.717) is 0 Å². The molecule has 2 rings (SSSR count). The fourth-order valence-corrected chi connectivity index (χ4v) is 1.61. The Bertz CT molecular complexity index is 288. The van der Waals surface area contributed by atoms with Gasteiger partial charge in [0.05, 0.1) is 13.7 Å². The fraction of sp³-hybridized carbons (Fsp3) is 0.500. The molecule has 0 radical (unpaired) electrons. The first kappa shape index (κ1) is 10.3. The fourth-order valence-electron chi connectivity index (χ4n) is 1.61. The molecule has 0 aromatic heterocycles. The van der Waals surface area contributed by atoms with Crippen molar-refractivity contribution in [3.05, 3.63) is 24.3 Å². The van der Waals surface area contributed by atoms with Crippen LogP contribution in [0.5, 0.6) is 11.5 Å². The van der Waals surface area contributed by atoms with Crippen molar-refractivity contribution in [2.45, 2.75) is 25.6 Å². The van der Waals surface area contributed by atoms with Crippen LogP contribution in [0.4, 0.5) is 0 Å². The van der Waals surface area contributed by atoms with Crippen molar-refractivity contribution in [1.82, 2.24) is 0 Å². The zero-order valence-electron chi connectivity index (χ0n) is 8.94. The molecule has 1 aliphatic rings. The van der Waals surface area contributed by atoms with E-state index in [0.717, 1.165) is 30.9 Å². The molecule has 0 saturated carbocycles. The number of hydrogen-bond acceptors (Lipinski definition) is 3. The molecule has 15 heavy (non-hydrogen) atoms. The van der Waals surface area contributed by atoms with Gasteiger partial charge in [0.2, 0.25) is 0 Å². The van der Waals surface area contributed by atoms with Crippen LogP contribution in [-0.2, 0) is 4.74 Å². The van der Waals surface area contributed by atoms with E-state index >= 15 is 0 Å². The van der Waals surface area contributed by atoms with E-state index in [4.69, 9.17) is 14.2 Å². The third-order valence-corrected chi connectivity index (χ3v) is 2.46. The second-order valence-electron chi connectivity index (χ2n) is 3.59. The molecule has 1 aromatic rings. The molecule has 1 heterocycles. The molecule has 1 fully saturated rings. The molecule has 0 bridgehead atoms. The summed E-state index contributed by atoms with van der Waals surface area (Å²) in [5, 5.41) is 0. The SMILES string of the molecule is COc1ccc(O[C@@H]2CCCCO2)cc1. The highest BCUT2D eigenvalue weighted by Gasteiger charge is 2.14. The summed E-state index contributed by atoms with van der Waals surface area (Å²) in [4.78, 5) is 0. The van der Waals surface area contributed by atoms with Crippen molar-refractivity contribution in [2.24, 2.45) is 0 Å². The van der Waals surface area contributed by atoms with Crippen LogP contribution in [0, 0.1) is 0 Å². The maximum Gasteiger partial charge on any atom is 0.199 e. The van der Waals surface area contributed by atoms with Crippen LogP contribution in [0.1, 0.15) is 19.3 Å². The molecule has 1 atom stereocenters. The van der Waals surface area contributed by atoms with Gasteiger partial charge < -0.3 is 14.2 Å². The maximum absolute atomic E-state index is 5.68. The van der Waals surface area contributed by atoms with Crippen LogP contribution in [-0.4, -0.2) is 20.0 Å². The highest BCUT2D eigenvalue weighted by Crippen LogP contribution is 2.21. The Balaban J connectivity index is 1.91. The lowest BCUT2D eigenvalue weighted by molar-refractivity contribution is -0.105. The largest absolute Gasteiger partial charge is 0.497 e. The summed E-state index contributed by atoms with van der Waals surface area (Å²) < 4.78 is 16.2. The van der Waals surface area contributed by atoms with Crippen LogP contribution in [0.15, 0.2) is 24.3 Å². The van der Waals surface area contributed by atoms with E-state index in [2.05, 4.69) is 0 Å². The Hall–Kier alpha value is -1.22. The van der Waals surface area contributed by atoms with Gasteiger partial charge in [-0.2, -0.15) is 0 Å². The van der Waals surface area contributed by atoms with Crippen LogP contribution in [0.25, 0.3) is 0 Å². The first-order valence-electron chi connectivity index (χ1n) is 5.31. The van der Waals surface area contributed by atoms with Crippen molar-refractivity contribution in [1.29, 1.82) is 0 Å². The van der Waals surface area contributed by atoms with E-state index in [1.54, 1.807) is 7.11 Å². The third kappa shape index (κ3) is 2.86. The van der Waals surface area contributed by atoms with Gasteiger partial charge in [0, 0.05) is 6.42 Å². The Morgan fingerprint density at radius 3 is 2.47 bits per heavy atom. The van der Waals surface area contributed by atoms with Gasteiger partial charge in [0.25, 0.3) is 0 Å². The average Bonchev–Trinajstić information content (AvgIpc) is 2.31. The number of benzene rings is 1. The minimum absolute atomic E-state index is 0.0767. The van der Waals surface area contributed by atoms with Gasteiger partial charge in [-0.05, 0) is 37.1 Å². The van der Waals surface area contributed by atoms with Crippen molar-refractivity contribution >= 4 is 0 Å². The monoisotopic (exact) mass is 208 g/mol. The lowest BCUT2D eigenvalue weighted by Crippen LogP contribution is -2.24. The molecule has 1 saturated heterocycles. The molecular weight excluding hydrogens is 192 g/mol. The predicted molar refractivity (Wildman–Crippen MR) is 57.2 cm³/mol. The zero-order valence-corrected chi connectivity index (χ0v) is 8.94. The van der Waals surface area contributed by atoms with Gasteiger partial charge in [-0.1, -0.05) is 0 Å². The molecule has 3 nitrogen and oxygen atoms in total. The number of ether oxygens (including phenoxy) is 3. The summed E-state index contributed by atoms with van der Waals surface area (Å²) in [5.74, 6) is 1.68. The number of methoxy groups -OCH3 is 1. The zero-order chi connectivity index (χ0) is 10.5. The lowest BCUT2D eigenvalue weighted by Gasteiger charge is -2.23. The van der Waals surface area contributed by atoms with Crippen molar-refractivity contribution < 1.29 is 14.2 Å². The summed E-state index contributed by atoms with van der Waals surface area (Å²) in [6.45, 7) is 0.806. The smallest absolute Gasteiger partial charge is 0.199 e. The van der Waals surface area contributed by atoms with Gasteiger partial charge in [-0.15, -0.1) is 0 Å². The molecule has 0 N–H and O–H groups in total. The molecular formula is C12H16O3. The summed E-state index contributed by atoms with van der Waals surface area (Å²) >= 11 is 0. The summed E-state index contributed by atoms with van der Waals surface area (Å²) in [7, 11) is 1.65. The van der Waals surface area contributed by atoms with E-state index in [9.17, 15) is 0 Å². The van der Waals surface area contributed by atoms with Gasteiger partial charge in [0.15, 0.2) is 6.29 Å². The quantitative estimate of drug-likeness (QED) is 0.764. The Morgan fingerprint density at radius 2 is 1.87 bits per heavy atom. The molecule has 3 heteroatoms. The van der Waals surface area contributed by atoms with E-state index < -0.39 is 0 Å². The third-order valence-electron chi connectivity index (χ3n) is 2.46. The standard InChI is InChI=1S/C12H16O3/c1-13-10-5-7-11(8-6-10)15-12-4-2-3-9-14-12/h5-8,12H,2-4,9H2,1H3/t12-/m1/s1. The highest BCUT2D eigenvalue weighted by atomic mass is 16.7. The molecule has 0 unspecified atom stereocenters. The summed E-state index contributed by atoms with van der Waals surface area (Å²) in [6, 6.07) is 7.57. The van der Waals surface area contributed by atoms with Crippen molar-refractivity contribution in [3.8, 4) is 11.5 Å². The molecule has 1 aliphatic heterocycles. The van der Waals surface area contributed by atoms with E-state index in [1.807, 2.05) is 24.3 Å². The highest BCUT2D eigenvalue weighted by molar-refractivity contribution is 5.31. The van der Waals surface area contributed by atoms with E-state index in [1.165, 1.54) is 6.42 Å². The molecule has 0 aliphatic carbocycles. The van der Waals surface area contributed by atoms with Crippen LogP contribution < -0.4 is 9.47 Å². The second-order valence-corrected chi connectivity index (χ2v) is 3.59. The Labute approximate surface area is 90.0 Å². The van der Waals surface area contributed by atoms with Gasteiger partial charge in [-0.3, -0.25) is 0 Å². The van der Waals surface area contributed by atoms with Gasteiger partial charge in [-0.25, -0.2) is 0 Å². The maximum atomic E-state index is 5.68. The van der Waals surface area contributed by atoms with Crippen LogP contribution in [0.2, 0.25) is 0 Å². The molecule has 1 aromatic carbocycles. The van der Waals surface area contributed by atoms with Crippen molar-refractivity contribution in [2.75, 3.05) is 13.7 Å². The minimum atomic E-state index is -0.0767. The Morgan fingerprint density at radius 1 is 1.13 bits per heavy atom. The topological polar surface area (TPSA) is 27.7 Å². The summed E-state index contributed by atoms with van der Waals surface area (Å²) in [6.07, 6.45) is 3.22. The first-order valence-corrected chi connectivity index (χ1v) is 5.31. The van der Waals surface area contributed by atoms with Gasteiger partial charge in [0.1, 0.15) is 11.5 Å². The van der Waals surface area contributed by atoms with Crippen molar-refractivity contribution in [3.63, 3.8) is 0 Å². The predicted octanol–water partition coefficient (Wildman–Crippen LogP) is 2.60. The van der Waals surface area contributed by atoms with E-state index in [-0.39, 0.29) is 6.29 Å². The van der Waals surface area contributed by atoms with Crippen LogP contribution >= 0.6 is 0 Å². The molecule has 0 amide bonds. The first-order chi connectivity index (χ1) is 7.38. The lowest BCUT2D eigenvalue weighted by atomic mass is 10.2. The average molecular weight is 208 g/mol. The summed E-state index contributed by atoms with van der Waals surface area (Å²) in [5.41, 5.74) is 0. The van der Waals surface area contributed by atoms with Gasteiger partial charge >= 0.3 is 0 Å². The minimum Gasteiger partial charge on any atom is -0.497 e. The number of rotatable bonds is 3. The molecule has 82 valence electrons. The number of hydrogen-bond donors (Lipinski definition) is 0. The Kier molecular flexibility index (Phi) is 3.45. The normalized spacial score (nSPS) is 21.0. The van der Waals surface area contributed by atoms with Crippen LogP contribution in [0.3, 0.4) is 0 Å².